The van der Waals surface area contributed by atoms with Gasteiger partial charge >= 0.3 is 6.18 Å². The molecule has 6 nitrogen and oxygen atoms in total. The van der Waals surface area contributed by atoms with Gasteiger partial charge < -0.3 is 19.8 Å². The number of piperidine rings is 1. The molecule has 1 amide bonds. The maximum absolute atomic E-state index is 14.0. The number of halogens is 5. The fourth-order valence-electron chi connectivity index (χ4n) is 6.81. The van der Waals surface area contributed by atoms with Gasteiger partial charge in [0.15, 0.2) is 5.54 Å². The Morgan fingerprint density at radius 3 is 2.46 bits per heavy atom. The lowest BCUT2D eigenvalue weighted by molar-refractivity contribution is -0.263. The molecule has 6 rings (SSSR count). The molecule has 3 aromatic rings. The molecule has 2 saturated heterocycles. The van der Waals surface area contributed by atoms with Gasteiger partial charge in [-0.2, -0.15) is 13.2 Å². The summed E-state index contributed by atoms with van der Waals surface area (Å²) in [5, 5.41) is 3.13. The van der Waals surface area contributed by atoms with Gasteiger partial charge in [-0.1, -0.05) is 12.1 Å². The molecule has 3 aliphatic rings. The molecule has 0 radical (unpaired) electrons. The van der Waals surface area contributed by atoms with Crippen LogP contribution in [0.25, 0.3) is 10.9 Å². The first-order chi connectivity index (χ1) is 19.3. The second-order valence-corrected chi connectivity index (χ2v) is 11.9. The molecule has 1 atom stereocenters. The van der Waals surface area contributed by atoms with Gasteiger partial charge in [-0.25, -0.2) is 8.78 Å². The van der Waals surface area contributed by atoms with Crippen molar-refractivity contribution in [2.45, 2.75) is 62.8 Å². The number of nitrogens with one attached hydrogen (secondary N) is 2. The molecule has 1 spiro atoms. The monoisotopic (exact) mass is 577 g/mol. The minimum Gasteiger partial charge on any atom is -0.496 e. The lowest BCUT2D eigenvalue weighted by atomic mass is 9.59. The number of likely N-dealkylation sites (tertiary alicyclic amines) is 1. The highest BCUT2D eigenvalue weighted by atomic mass is 19.4. The van der Waals surface area contributed by atoms with Crippen molar-refractivity contribution < 1.29 is 36.2 Å². The van der Waals surface area contributed by atoms with E-state index in [0.717, 1.165) is 33.3 Å². The number of carbonyl (C=O) groups is 1. The van der Waals surface area contributed by atoms with Crippen molar-refractivity contribution in [2.75, 3.05) is 26.9 Å². The predicted molar refractivity (Wildman–Crippen MR) is 142 cm³/mol. The van der Waals surface area contributed by atoms with Crippen LogP contribution in [0.2, 0.25) is 0 Å². The SMILES string of the molecule is COc1cc(C)c2[nH]ccc2c1CN1CCC2(C[C@@H]1c1ccc(C(=O)NC3(C(F)(F)F)COC3)cc1)CC(F)(F)C2. The predicted octanol–water partition coefficient (Wildman–Crippen LogP) is 6.30. The van der Waals surface area contributed by atoms with E-state index in [-0.39, 0.29) is 24.4 Å². The van der Waals surface area contributed by atoms with Crippen LogP contribution in [0.1, 0.15) is 58.8 Å². The topological polar surface area (TPSA) is 66.6 Å². The Hall–Kier alpha value is -3.18. The van der Waals surface area contributed by atoms with Crippen molar-refractivity contribution in [3.63, 3.8) is 0 Å². The van der Waals surface area contributed by atoms with Crippen molar-refractivity contribution in [3.8, 4) is 5.75 Å². The first-order valence-corrected chi connectivity index (χ1v) is 13.7. The maximum Gasteiger partial charge on any atom is 0.416 e. The Balaban J connectivity index is 1.28. The highest BCUT2D eigenvalue weighted by molar-refractivity contribution is 5.95. The number of amides is 1. The summed E-state index contributed by atoms with van der Waals surface area (Å²) in [6, 6.07) is 10.2. The van der Waals surface area contributed by atoms with Crippen LogP contribution in [0.3, 0.4) is 0 Å². The molecule has 1 aliphatic carbocycles. The Bertz CT molecular complexity index is 1450. The van der Waals surface area contributed by atoms with Crippen molar-refractivity contribution in [3.05, 3.63) is 64.8 Å². The number of methoxy groups -OCH3 is 1. The molecule has 2 aliphatic heterocycles. The first kappa shape index (κ1) is 28.0. The summed E-state index contributed by atoms with van der Waals surface area (Å²) in [4.78, 5) is 18.3. The van der Waals surface area contributed by atoms with Crippen LogP contribution in [-0.4, -0.2) is 60.3 Å². The number of hydrogen-bond acceptors (Lipinski definition) is 4. The van der Waals surface area contributed by atoms with E-state index in [9.17, 15) is 26.7 Å². The van der Waals surface area contributed by atoms with Crippen LogP contribution >= 0.6 is 0 Å². The number of benzene rings is 2. The lowest BCUT2D eigenvalue weighted by Gasteiger charge is -2.54. The molecule has 2 N–H and O–H groups in total. The van der Waals surface area contributed by atoms with Gasteiger partial charge in [0, 0.05) is 53.7 Å². The van der Waals surface area contributed by atoms with Gasteiger partial charge in [0.1, 0.15) is 5.75 Å². The number of alkyl halides is 5. The van der Waals surface area contributed by atoms with Crippen LogP contribution in [0.4, 0.5) is 22.0 Å². The summed E-state index contributed by atoms with van der Waals surface area (Å²) < 4.78 is 79.1. The smallest absolute Gasteiger partial charge is 0.416 e. The maximum atomic E-state index is 14.0. The number of ether oxygens (including phenoxy) is 2. The zero-order chi connectivity index (χ0) is 29.2. The summed E-state index contributed by atoms with van der Waals surface area (Å²) in [7, 11) is 1.62. The van der Waals surface area contributed by atoms with E-state index in [1.807, 2.05) is 25.3 Å². The summed E-state index contributed by atoms with van der Waals surface area (Å²) in [5.74, 6) is -2.76. The number of hydrogen-bond donors (Lipinski definition) is 2. The third kappa shape index (κ3) is 4.86. The average molecular weight is 578 g/mol. The number of rotatable bonds is 6. The van der Waals surface area contributed by atoms with Gasteiger partial charge in [0.05, 0.1) is 20.3 Å². The molecule has 41 heavy (non-hydrogen) atoms. The van der Waals surface area contributed by atoms with Crippen LogP contribution < -0.4 is 10.1 Å². The van der Waals surface area contributed by atoms with Crippen LogP contribution in [-0.2, 0) is 11.3 Å². The average Bonchev–Trinajstić information content (AvgIpc) is 3.37. The highest BCUT2D eigenvalue weighted by Crippen LogP contribution is 2.60. The quantitative estimate of drug-likeness (QED) is 0.338. The highest BCUT2D eigenvalue weighted by Gasteiger charge is 2.61. The van der Waals surface area contributed by atoms with E-state index in [1.165, 1.54) is 12.1 Å². The zero-order valence-corrected chi connectivity index (χ0v) is 22.8. The number of aromatic nitrogens is 1. The fraction of sp³-hybridized carbons (Fsp3) is 0.500. The van der Waals surface area contributed by atoms with E-state index in [1.54, 1.807) is 19.2 Å². The normalized spacial score (nSPS) is 23.1. The van der Waals surface area contributed by atoms with Crippen molar-refractivity contribution in [2.24, 2.45) is 5.41 Å². The third-order valence-electron chi connectivity index (χ3n) is 9.11. The molecule has 3 heterocycles. The standard InChI is InChI=1S/C30H32F5N3O3/c1-18-11-24(40-2)22(21-7-9-36-25(18)21)13-38-10-8-27(14-29(31,32)15-27)12-23(38)19-3-5-20(6-4-19)26(39)37-28(16-41-17-28)30(33,34)35/h3-7,9,11,23,36H,8,10,12-17H2,1-2H3,(H,37,39)/t23-/m1/s1. The zero-order valence-electron chi connectivity index (χ0n) is 22.8. The number of carbonyl (C=O) groups excluding carboxylic acids is 1. The second-order valence-electron chi connectivity index (χ2n) is 11.9. The molecule has 2 aromatic carbocycles. The molecule has 3 fully saturated rings. The molecule has 0 bridgehead atoms. The number of aryl methyl sites for hydroxylation is 1. The second kappa shape index (κ2) is 9.69. The molecular weight excluding hydrogens is 545 g/mol. The van der Waals surface area contributed by atoms with Gasteiger partial charge in [-0.05, 0) is 67.1 Å². The van der Waals surface area contributed by atoms with Crippen molar-refractivity contribution in [1.82, 2.24) is 15.2 Å². The Labute approximate surface area is 234 Å². The van der Waals surface area contributed by atoms with Crippen LogP contribution in [0.15, 0.2) is 42.6 Å². The molecule has 1 aromatic heterocycles. The van der Waals surface area contributed by atoms with E-state index in [4.69, 9.17) is 9.47 Å². The Morgan fingerprint density at radius 2 is 1.88 bits per heavy atom. The molecule has 11 heteroatoms. The van der Waals surface area contributed by atoms with Crippen molar-refractivity contribution in [1.29, 1.82) is 0 Å². The van der Waals surface area contributed by atoms with Crippen molar-refractivity contribution >= 4 is 16.8 Å². The first-order valence-electron chi connectivity index (χ1n) is 13.7. The third-order valence-corrected chi connectivity index (χ3v) is 9.11. The van der Waals surface area contributed by atoms with Crippen LogP contribution in [0.5, 0.6) is 5.75 Å². The number of nitrogens with zero attached hydrogens (tertiary/aromatic N) is 1. The number of aromatic amines is 1. The minimum absolute atomic E-state index is 0.0887. The number of H-pyrrole nitrogens is 1. The minimum atomic E-state index is -4.63. The summed E-state index contributed by atoms with van der Waals surface area (Å²) in [6.45, 7) is 1.87. The molecule has 1 saturated carbocycles. The van der Waals surface area contributed by atoms with E-state index < -0.39 is 42.2 Å². The largest absolute Gasteiger partial charge is 0.496 e. The fourth-order valence-corrected chi connectivity index (χ4v) is 6.81. The van der Waals surface area contributed by atoms with Gasteiger partial charge in [0.25, 0.3) is 5.91 Å². The van der Waals surface area contributed by atoms with Gasteiger partial charge in [-0.3, -0.25) is 9.69 Å². The van der Waals surface area contributed by atoms with Gasteiger partial charge in [-0.15, -0.1) is 0 Å². The van der Waals surface area contributed by atoms with E-state index in [0.29, 0.717) is 25.9 Å². The summed E-state index contributed by atoms with van der Waals surface area (Å²) >= 11 is 0. The molecule has 0 unspecified atom stereocenters. The lowest BCUT2D eigenvalue weighted by Crippen LogP contribution is -2.70. The van der Waals surface area contributed by atoms with E-state index in [2.05, 4.69) is 15.2 Å². The molecular formula is C30H32F5N3O3. The Morgan fingerprint density at radius 1 is 1.17 bits per heavy atom. The van der Waals surface area contributed by atoms with Crippen LogP contribution in [0, 0.1) is 12.3 Å². The number of fused-ring (bicyclic) bond motifs is 1. The Kier molecular flexibility index (Phi) is 6.61. The summed E-state index contributed by atoms with van der Waals surface area (Å²) in [6.07, 6.45) is -1.89. The molecule has 220 valence electrons. The van der Waals surface area contributed by atoms with Gasteiger partial charge in [0.2, 0.25) is 5.92 Å². The summed E-state index contributed by atoms with van der Waals surface area (Å²) in [5.41, 5.74) is 1.10. The van der Waals surface area contributed by atoms with E-state index >= 15 is 0 Å².